The lowest BCUT2D eigenvalue weighted by molar-refractivity contribution is 0.964. The number of fused-ring (bicyclic) bond motifs is 1. The number of nitrogens with zero attached hydrogens (tertiary/aromatic N) is 2. The van der Waals surface area contributed by atoms with Crippen LogP contribution in [-0.2, 0) is 6.42 Å². The van der Waals surface area contributed by atoms with Crippen molar-refractivity contribution in [2.45, 2.75) is 25.2 Å². The second kappa shape index (κ2) is 3.31. The van der Waals surface area contributed by atoms with Crippen molar-refractivity contribution in [2.75, 3.05) is 6.54 Å². The maximum absolute atomic E-state index is 5.58. The smallest absolute Gasteiger partial charge is 0.177 e. The van der Waals surface area contributed by atoms with Gasteiger partial charge in [0.25, 0.3) is 0 Å². The van der Waals surface area contributed by atoms with Gasteiger partial charge in [-0.15, -0.1) is 0 Å². The molecule has 3 N–H and O–H groups in total. The number of hydrogen-bond donors (Lipinski definition) is 2. The Morgan fingerprint density at radius 1 is 1.47 bits per heavy atom. The van der Waals surface area contributed by atoms with E-state index in [1.165, 1.54) is 18.4 Å². The molecule has 1 saturated carbocycles. The van der Waals surface area contributed by atoms with Gasteiger partial charge in [-0.2, -0.15) is 0 Å². The highest BCUT2D eigenvalue weighted by atomic mass is 15.0. The first-order valence-corrected chi connectivity index (χ1v) is 5.42. The summed E-state index contributed by atoms with van der Waals surface area (Å²) in [4.78, 5) is 12.2. The molecule has 0 atom stereocenters. The van der Waals surface area contributed by atoms with Crippen LogP contribution in [0.2, 0.25) is 0 Å². The molecule has 1 aliphatic rings. The van der Waals surface area contributed by atoms with E-state index in [0.717, 1.165) is 23.4 Å². The third kappa shape index (κ3) is 1.51. The summed E-state index contributed by atoms with van der Waals surface area (Å²) in [5.74, 6) is 1.74. The number of hydrogen-bond acceptors (Lipinski definition) is 3. The average molecular weight is 202 g/mol. The maximum atomic E-state index is 5.58. The average Bonchev–Trinajstić information content (AvgIpc) is 2.99. The number of pyridine rings is 1. The van der Waals surface area contributed by atoms with Crippen LogP contribution >= 0.6 is 0 Å². The van der Waals surface area contributed by atoms with Crippen molar-refractivity contribution < 1.29 is 0 Å². The number of nitrogens with one attached hydrogen (secondary N) is 1. The van der Waals surface area contributed by atoms with Crippen LogP contribution in [0.25, 0.3) is 11.2 Å². The highest BCUT2D eigenvalue weighted by Crippen LogP contribution is 2.39. The first-order chi connectivity index (χ1) is 7.38. The van der Waals surface area contributed by atoms with E-state index in [9.17, 15) is 0 Å². The van der Waals surface area contributed by atoms with E-state index < -0.39 is 0 Å². The zero-order chi connectivity index (χ0) is 10.3. The van der Waals surface area contributed by atoms with Crippen LogP contribution in [-0.4, -0.2) is 21.5 Å². The molecule has 2 heterocycles. The van der Waals surface area contributed by atoms with Gasteiger partial charge in [0.15, 0.2) is 5.65 Å². The zero-order valence-corrected chi connectivity index (χ0v) is 8.53. The van der Waals surface area contributed by atoms with Crippen LogP contribution in [0.5, 0.6) is 0 Å². The molecule has 4 heteroatoms. The number of aromatic amines is 1. The van der Waals surface area contributed by atoms with E-state index in [1.54, 1.807) is 0 Å². The topological polar surface area (TPSA) is 67.6 Å². The fourth-order valence-electron chi connectivity index (χ4n) is 1.89. The second-order valence-corrected chi connectivity index (χ2v) is 4.10. The van der Waals surface area contributed by atoms with Gasteiger partial charge in [-0.1, -0.05) is 0 Å². The highest BCUT2D eigenvalue weighted by Gasteiger charge is 2.27. The first kappa shape index (κ1) is 8.85. The van der Waals surface area contributed by atoms with Crippen LogP contribution in [0.4, 0.5) is 0 Å². The van der Waals surface area contributed by atoms with Crippen molar-refractivity contribution in [1.29, 1.82) is 0 Å². The number of rotatable bonds is 3. The van der Waals surface area contributed by atoms with E-state index in [0.29, 0.717) is 12.5 Å². The monoisotopic (exact) mass is 202 g/mol. The Morgan fingerprint density at radius 2 is 2.33 bits per heavy atom. The summed E-state index contributed by atoms with van der Waals surface area (Å²) >= 11 is 0. The summed E-state index contributed by atoms with van der Waals surface area (Å²) in [6.07, 6.45) is 5.20. The Labute approximate surface area is 87.9 Å². The second-order valence-electron chi connectivity index (χ2n) is 4.10. The third-order valence-corrected chi connectivity index (χ3v) is 2.87. The Hall–Kier alpha value is -1.42. The molecule has 2 aromatic rings. The minimum Gasteiger partial charge on any atom is -0.340 e. The van der Waals surface area contributed by atoms with Crippen molar-refractivity contribution in [1.82, 2.24) is 15.0 Å². The molecule has 0 unspecified atom stereocenters. The Balaban J connectivity index is 2.11. The molecule has 0 amide bonds. The summed E-state index contributed by atoms with van der Waals surface area (Å²) in [7, 11) is 0. The van der Waals surface area contributed by atoms with Gasteiger partial charge in [-0.3, -0.25) is 0 Å². The molecule has 0 bridgehead atoms. The van der Waals surface area contributed by atoms with E-state index >= 15 is 0 Å². The van der Waals surface area contributed by atoms with E-state index in [-0.39, 0.29) is 0 Å². The van der Waals surface area contributed by atoms with Gasteiger partial charge in [0, 0.05) is 12.1 Å². The molecule has 4 nitrogen and oxygen atoms in total. The van der Waals surface area contributed by atoms with Crippen molar-refractivity contribution in [3.63, 3.8) is 0 Å². The quantitative estimate of drug-likeness (QED) is 0.789. The summed E-state index contributed by atoms with van der Waals surface area (Å²) in [5.41, 5.74) is 8.71. The fourth-order valence-corrected chi connectivity index (χ4v) is 1.89. The minimum atomic E-state index is 0.643. The third-order valence-electron chi connectivity index (χ3n) is 2.87. The van der Waals surface area contributed by atoms with Crippen LogP contribution in [0.3, 0.4) is 0 Å². The standard InChI is InChI=1S/C11H14N4/c12-5-3-7-4-6-13-11-9(7)14-10(15-11)8-1-2-8/h4,6,8H,1-3,5,12H2,(H,13,14,15). The molecular formula is C11H14N4. The number of H-pyrrole nitrogens is 1. The van der Waals surface area contributed by atoms with Gasteiger partial charge < -0.3 is 10.7 Å². The Bertz CT molecular complexity index is 484. The summed E-state index contributed by atoms with van der Waals surface area (Å²) < 4.78 is 0. The molecule has 1 aliphatic carbocycles. The van der Waals surface area contributed by atoms with Crippen molar-refractivity contribution in [3.05, 3.63) is 23.7 Å². The first-order valence-electron chi connectivity index (χ1n) is 5.42. The lowest BCUT2D eigenvalue weighted by Crippen LogP contribution is -2.03. The van der Waals surface area contributed by atoms with E-state index in [2.05, 4.69) is 15.0 Å². The molecule has 0 spiro atoms. The molecule has 15 heavy (non-hydrogen) atoms. The van der Waals surface area contributed by atoms with Gasteiger partial charge in [0.1, 0.15) is 5.82 Å². The molecule has 78 valence electrons. The van der Waals surface area contributed by atoms with Crippen LogP contribution in [0, 0.1) is 0 Å². The van der Waals surface area contributed by atoms with E-state index in [4.69, 9.17) is 5.73 Å². The van der Waals surface area contributed by atoms with Crippen LogP contribution < -0.4 is 5.73 Å². The lowest BCUT2D eigenvalue weighted by atomic mass is 10.2. The highest BCUT2D eigenvalue weighted by molar-refractivity contribution is 5.74. The predicted molar refractivity (Wildman–Crippen MR) is 58.6 cm³/mol. The molecule has 0 radical (unpaired) electrons. The van der Waals surface area contributed by atoms with Crippen molar-refractivity contribution in [3.8, 4) is 0 Å². The number of aromatic nitrogens is 3. The molecule has 0 aliphatic heterocycles. The van der Waals surface area contributed by atoms with Crippen molar-refractivity contribution in [2.24, 2.45) is 5.73 Å². The minimum absolute atomic E-state index is 0.643. The molecule has 2 aromatic heterocycles. The fraction of sp³-hybridized carbons (Fsp3) is 0.455. The van der Waals surface area contributed by atoms with Gasteiger partial charge >= 0.3 is 0 Å². The Kier molecular flexibility index (Phi) is 1.95. The van der Waals surface area contributed by atoms with Gasteiger partial charge in [-0.05, 0) is 37.4 Å². The normalized spacial score (nSPS) is 16.1. The summed E-state index contributed by atoms with van der Waals surface area (Å²) in [5, 5.41) is 0. The zero-order valence-electron chi connectivity index (χ0n) is 8.53. The predicted octanol–water partition coefficient (Wildman–Crippen LogP) is 1.34. The molecule has 0 saturated heterocycles. The SMILES string of the molecule is NCCc1ccnc2nc(C3CC3)[nH]c12. The van der Waals surface area contributed by atoms with Gasteiger partial charge in [0.05, 0.1) is 5.52 Å². The molecule has 3 rings (SSSR count). The van der Waals surface area contributed by atoms with Crippen LogP contribution in [0.1, 0.15) is 30.1 Å². The summed E-state index contributed by atoms with van der Waals surface area (Å²) in [6.45, 7) is 0.664. The van der Waals surface area contributed by atoms with Gasteiger partial charge in [0.2, 0.25) is 0 Å². The van der Waals surface area contributed by atoms with Crippen molar-refractivity contribution >= 4 is 11.2 Å². The van der Waals surface area contributed by atoms with Gasteiger partial charge in [-0.25, -0.2) is 9.97 Å². The number of imidazole rings is 1. The van der Waals surface area contributed by atoms with E-state index in [1.807, 2.05) is 12.3 Å². The van der Waals surface area contributed by atoms with Crippen LogP contribution in [0.15, 0.2) is 12.3 Å². The largest absolute Gasteiger partial charge is 0.340 e. The maximum Gasteiger partial charge on any atom is 0.177 e. The number of nitrogens with two attached hydrogens (primary N) is 1. The lowest BCUT2D eigenvalue weighted by Gasteiger charge is -1.98. The Morgan fingerprint density at radius 3 is 3.07 bits per heavy atom. The summed E-state index contributed by atoms with van der Waals surface area (Å²) in [6, 6.07) is 2.02. The molecule has 1 fully saturated rings. The molecular weight excluding hydrogens is 188 g/mol. The molecule has 0 aromatic carbocycles.